The number of amides is 1. The number of hydrogen-bond acceptors (Lipinski definition) is 3. The number of rotatable bonds is 9. The van der Waals surface area contributed by atoms with E-state index >= 15 is 0 Å². The van der Waals surface area contributed by atoms with Gasteiger partial charge in [-0.2, -0.15) is 0 Å². The van der Waals surface area contributed by atoms with Crippen molar-refractivity contribution in [1.82, 2.24) is 10.2 Å². The lowest BCUT2D eigenvalue weighted by atomic mass is 10.0. The molecule has 4 nitrogen and oxygen atoms in total. The molecule has 1 aliphatic heterocycles. The number of nitrogens with one attached hydrogen (secondary N) is 1. The number of hydrogen-bond donors (Lipinski definition) is 1. The number of carbonyl (C=O) groups is 1. The third-order valence-electron chi connectivity index (χ3n) is 4.89. The monoisotopic (exact) mass is 332 g/mol. The Morgan fingerprint density at radius 3 is 2.67 bits per heavy atom. The van der Waals surface area contributed by atoms with Gasteiger partial charge in [0.2, 0.25) is 5.91 Å². The molecule has 1 saturated heterocycles. The van der Waals surface area contributed by atoms with Crippen molar-refractivity contribution in [1.29, 1.82) is 0 Å². The minimum atomic E-state index is 0.162. The van der Waals surface area contributed by atoms with Crippen LogP contribution in [0.2, 0.25) is 0 Å². The van der Waals surface area contributed by atoms with Gasteiger partial charge >= 0.3 is 0 Å². The Morgan fingerprint density at radius 1 is 1.29 bits per heavy atom. The summed E-state index contributed by atoms with van der Waals surface area (Å²) < 4.78 is 5.55. The first-order valence-electron chi connectivity index (χ1n) is 9.29. The van der Waals surface area contributed by atoms with Gasteiger partial charge in [-0.25, -0.2) is 0 Å². The second-order valence-electron chi connectivity index (χ2n) is 6.90. The van der Waals surface area contributed by atoms with Gasteiger partial charge in [-0.15, -0.1) is 0 Å². The van der Waals surface area contributed by atoms with Crippen LogP contribution in [0.4, 0.5) is 0 Å². The van der Waals surface area contributed by atoms with Gasteiger partial charge in [-0.1, -0.05) is 44.9 Å². The highest BCUT2D eigenvalue weighted by atomic mass is 16.5. The van der Waals surface area contributed by atoms with E-state index in [2.05, 4.69) is 30.1 Å². The average Bonchev–Trinajstić information content (AvgIpc) is 3.10. The highest BCUT2D eigenvalue weighted by Gasteiger charge is 2.26. The molecule has 4 heteroatoms. The van der Waals surface area contributed by atoms with Crippen molar-refractivity contribution in [3.8, 4) is 5.75 Å². The topological polar surface area (TPSA) is 41.6 Å². The number of carbonyl (C=O) groups excluding carboxylic acids is 1. The summed E-state index contributed by atoms with van der Waals surface area (Å²) in [5, 5.41) is 3.16. The van der Waals surface area contributed by atoms with Gasteiger partial charge in [-0.3, -0.25) is 9.69 Å². The van der Waals surface area contributed by atoms with Crippen molar-refractivity contribution >= 4 is 5.91 Å². The number of likely N-dealkylation sites (tertiary alicyclic amines) is 1. The third kappa shape index (κ3) is 5.23. The largest absolute Gasteiger partial charge is 0.496 e. The summed E-state index contributed by atoms with van der Waals surface area (Å²) in [4.78, 5) is 14.7. The van der Waals surface area contributed by atoms with Gasteiger partial charge in [0.1, 0.15) is 5.75 Å². The lowest BCUT2D eigenvalue weighted by Crippen LogP contribution is -2.37. The molecule has 1 amide bonds. The Kier molecular flexibility index (Phi) is 7.57. The summed E-state index contributed by atoms with van der Waals surface area (Å²) in [5.74, 6) is 1.52. The van der Waals surface area contributed by atoms with Crippen LogP contribution in [-0.2, 0) is 4.79 Å². The van der Waals surface area contributed by atoms with Gasteiger partial charge in [0.15, 0.2) is 0 Å². The van der Waals surface area contributed by atoms with Gasteiger partial charge in [0, 0.05) is 18.5 Å². The van der Waals surface area contributed by atoms with Gasteiger partial charge in [0.05, 0.1) is 13.2 Å². The molecule has 1 heterocycles. The van der Waals surface area contributed by atoms with Crippen LogP contribution in [0, 0.1) is 5.92 Å². The molecule has 1 aromatic carbocycles. The Labute approximate surface area is 146 Å². The van der Waals surface area contributed by atoms with E-state index in [0.29, 0.717) is 18.9 Å². The van der Waals surface area contributed by atoms with Crippen LogP contribution in [0.5, 0.6) is 5.75 Å². The summed E-state index contributed by atoms with van der Waals surface area (Å²) in [7, 11) is 1.71. The normalized spacial score (nSPS) is 17.5. The molecule has 1 aromatic rings. The van der Waals surface area contributed by atoms with Crippen LogP contribution < -0.4 is 10.1 Å². The molecule has 0 bridgehead atoms. The highest BCUT2D eigenvalue weighted by Crippen LogP contribution is 2.31. The van der Waals surface area contributed by atoms with Gasteiger partial charge < -0.3 is 10.1 Å². The molecular formula is C20H32N2O2. The molecule has 0 spiro atoms. The van der Waals surface area contributed by atoms with Crippen molar-refractivity contribution in [2.24, 2.45) is 5.92 Å². The van der Waals surface area contributed by atoms with Crippen LogP contribution in [0.3, 0.4) is 0 Å². The molecule has 0 saturated carbocycles. The third-order valence-corrected chi connectivity index (χ3v) is 4.89. The minimum Gasteiger partial charge on any atom is -0.496 e. The molecular weight excluding hydrogens is 300 g/mol. The molecule has 1 N–H and O–H groups in total. The molecule has 1 fully saturated rings. The first-order valence-corrected chi connectivity index (χ1v) is 9.29. The van der Waals surface area contributed by atoms with Crippen LogP contribution >= 0.6 is 0 Å². The molecule has 2 rings (SSSR count). The highest BCUT2D eigenvalue weighted by molar-refractivity contribution is 5.76. The van der Waals surface area contributed by atoms with E-state index in [1.807, 2.05) is 18.2 Å². The fourth-order valence-electron chi connectivity index (χ4n) is 3.62. The fourth-order valence-corrected chi connectivity index (χ4v) is 3.62. The van der Waals surface area contributed by atoms with Crippen molar-refractivity contribution < 1.29 is 9.53 Å². The fraction of sp³-hybridized carbons (Fsp3) is 0.650. The molecule has 24 heavy (non-hydrogen) atoms. The smallest absolute Gasteiger partial charge is 0.220 e. The summed E-state index contributed by atoms with van der Waals surface area (Å²) in [6.45, 7) is 7.15. The molecule has 2 atom stereocenters. The van der Waals surface area contributed by atoms with Crippen LogP contribution in [0.15, 0.2) is 24.3 Å². The lowest BCUT2D eigenvalue weighted by Gasteiger charge is -2.29. The maximum atomic E-state index is 12.3. The van der Waals surface area contributed by atoms with Gasteiger partial charge in [-0.05, 0) is 37.9 Å². The molecule has 0 aliphatic carbocycles. The summed E-state index contributed by atoms with van der Waals surface area (Å²) in [6.07, 6.45) is 5.31. The number of para-hydroxylation sites is 1. The number of methoxy groups -OCH3 is 1. The lowest BCUT2D eigenvalue weighted by molar-refractivity contribution is -0.122. The predicted octanol–water partition coefficient (Wildman–Crippen LogP) is 3.77. The average molecular weight is 332 g/mol. The van der Waals surface area contributed by atoms with E-state index in [4.69, 9.17) is 4.74 Å². The van der Waals surface area contributed by atoms with E-state index in [9.17, 15) is 4.79 Å². The maximum absolute atomic E-state index is 12.3. The van der Waals surface area contributed by atoms with Crippen molar-refractivity contribution in [3.63, 3.8) is 0 Å². The second-order valence-corrected chi connectivity index (χ2v) is 6.90. The van der Waals surface area contributed by atoms with Crippen LogP contribution in [-0.4, -0.2) is 37.6 Å². The maximum Gasteiger partial charge on any atom is 0.220 e. The van der Waals surface area contributed by atoms with E-state index < -0.39 is 0 Å². The van der Waals surface area contributed by atoms with Crippen molar-refractivity contribution in [2.75, 3.05) is 26.7 Å². The Balaban J connectivity index is 2.03. The summed E-state index contributed by atoms with van der Waals surface area (Å²) in [5.41, 5.74) is 1.17. The van der Waals surface area contributed by atoms with E-state index in [-0.39, 0.29) is 11.9 Å². The van der Waals surface area contributed by atoms with E-state index in [1.54, 1.807) is 7.11 Å². The Bertz CT molecular complexity index is 512. The second kappa shape index (κ2) is 9.67. The van der Waals surface area contributed by atoms with Crippen molar-refractivity contribution in [2.45, 2.75) is 52.0 Å². The number of benzene rings is 1. The van der Waals surface area contributed by atoms with E-state index in [1.165, 1.54) is 18.4 Å². The minimum absolute atomic E-state index is 0.162. The Hall–Kier alpha value is -1.55. The molecule has 2 unspecified atom stereocenters. The Morgan fingerprint density at radius 2 is 2.00 bits per heavy atom. The quantitative estimate of drug-likeness (QED) is 0.748. The number of nitrogens with zero attached hydrogens (tertiary/aromatic N) is 1. The number of ether oxygens (including phenoxy) is 1. The SMILES string of the molecule is CCCC(C)CC(=O)NCC(c1ccccc1OC)N1CCCC1. The summed E-state index contributed by atoms with van der Waals surface area (Å²) in [6, 6.07) is 8.35. The first-order chi connectivity index (χ1) is 11.7. The van der Waals surface area contributed by atoms with Crippen LogP contribution in [0.25, 0.3) is 0 Å². The standard InChI is InChI=1S/C20H32N2O2/c1-4-9-16(2)14-20(23)21-15-18(22-12-7-8-13-22)17-10-5-6-11-19(17)24-3/h5-6,10-11,16,18H,4,7-9,12-15H2,1-3H3,(H,21,23). The zero-order valence-corrected chi connectivity index (χ0v) is 15.4. The van der Waals surface area contributed by atoms with Crippen molar-refractivity contribution in [3.05, 3.63) is 29.8 Å². The predicted molar refractivity (Wildman–Crippen MR) is 98.2 cm³/mol. The zero-order chi connectivity index (χ0) is 17.4. The summed E-state index contributed by atoms with van der Waals surface area (Å²) >= 11 is 0. The molecule has 134 valence electrons. The molecule has 0 aromatic heterocycles. The molecule has 1 aliphatic rings. The van der Waals surface area contributed by atoms with E-state index in [0.717, 1.165) is 31.7 Å². The van der Waals surface area contributed by atoms with Gasteiger partial charge in [0.25, 0.3) is 0 Å². The molecule has 0 radical (unpaired) electrons. The first kappa shape index (κ1) is 18.8. The van der Waals surface area contributed by atoms with Crippen LogP contribution in [0.1, 0.15) is 57.6 Å². The zero-order valence-electron chi connectivity index (χ0n) is 15.4.